The van der Waals surface area contributed by atoms with Gasteiger partial charge in [0, 0.05) is 18.6 Å². The number of alkyl halides is 3. The zero-order valence-electron chi connectivity index (χ0n) is 10.2. The molecule has 0 unspecified atom stereocenters. The molecule has 0 saturated carbocycles. The lowest BCUT2D eigenvalue weighted by Gasteiger charge is -2.04. The van der Waals surface area contributed by atoms with Crippen molar-refractivity contribution >= 4 is 17.5 Å². The Bertz CT molecular complexity index is 584. The van der Waals surface area contributed by atoms with Crippen LogP contribution in [0.4, 0.5) is 13.2 Å². The molecule has 0 N–H and O–H groups in total. The highest BCUT2D eigenvalue weighted by molar-refractivity contribution is 7.99. The fourth-order valence-electron chi connectivity index (χ4n) is 1.41. The predicted octanol–water partition coefficient (Wildman–Crippen LogP) is 2.19. The molecule has 0 spiro atoms. The Labute approximate surface area is 111 Å². The summed E-state index contributed by atoms with van der Waals surface area (Å²) < 4.78 is 43.7. The van der Waals surface area contributed by atoms with E-state index in [0.29, 0.717) is 23.1 Å². The van der Waals surface area contributed by atoms with Gasteiger partial charge in [0.2, 0.25) is 0 Å². The van der Waals surface area contributed by atoms with Crippen molar-refractivity contribution in [1.82, 2.24) is 19.6 Å². The summed E-state index contributed by atoms with van der Waals surface area (Å²) in [6.45, 7) is 2.19. The predicted molar refractivity (Wildman–Crippen MR) is 63.1 cm³/mol. The van der Waals surface area contributed by atoms with Crippen LogP contribution >= 0.6 is 11.8 Å². The molecule has 104 valence electrons. The molecule has 0 amide bonds. The molecule has 2 heterocycles. The summed E-state index contributed by atoms with van der Waals surface area (Å²) in [7, 11) is 1.56. The minimum Gasteiger partial charge on any atom is -0.384 e. The van der Waals surface area contributed by atoms with Gasteiger partial charge in [-0.25, -0.2) is 4.98 Å². The summed E-state index contributed by atoms with van der Waals surface area (Å²) in [4.78, 5) is 7.35. The van der Waals surface area contributed by atoms with E-state index in [2.05, 4.69) is 15.1 Å². The number of aryl methyl sites for hydroxylation is 1. The lowest BCUT2D eigenvalue weighted by Crippen LogP contribution is -2.08. The SMILES string of the molecule is COCCSc1cc(C)nc2nc(C(F)(F)F)nn12. The highest BCUT2D eigenvalue weighted by atomic mass is 32.2. The van der Waals surface area contributed by atoms with Crippen molar-refractivity contribution in [3.8, 4) is 0 Å². The summed E-state index contributed by atoms with van der Waals surface area (Å²) in [6.07, 6.45) is -4.57. The monoisotopic (exact) mass is 292 g/mol. The normalized spacial score (nSPS) is 12.3. The fraction of sp³-hybridized carbons (Fsp3) is 0.500. The summed E-state index contributed by atoms with van der Waals surface area (Å²) >= 11 is 1.34. The Morgan fingerprint density at radius 3 is 2.74 bits per heavy atom. The first-order valence-electron chi connectivity index (χ1n) is 5.35. The second-order valence-electron chi connectivity index (χ2n) is 3.72. The van der Waals surface area contributed by atoms with Crippen LogP contribution in [0, 0.1) is 6.92 Å². The van der Waals surface area contributed by atoms with Crippen molar-refractivity contribution in [2.45, 2.75) is 18.1 Å². The average molecular weight is 292 g/mol. The van der Waals surface area contributed by atoms with Crippen LogP contribution in [0.15, 0.2) is 11.1 Å². The number of hydrogen-bond donors (Lipinski definition) is 0. The van der Waals surface area contributed by atoms with Gasteiger partial charge in [-0.3, -0.25) is 0 Å². The van der Waals surface area contributed by atoms with Gasteiger partial charge in [-0.05, 0) is 13.0 Å². The largest absolute Gasteiger partial charge is 0.453 e. The molecule has 0 fully saturated rings. The maximum Gasteiger partial charge on any atom is 0.453 e. The molecule has 0 radical (unpaired) electrons. The van der Waals surface area contributed by atoms with Gasteiger partial charge in [0.1, 0.15) is 5.03 Å². The molecule has 0 saturated heterocycles. The minimum absolute atomic E-state index is 0.0489. The van der Waals surface area contributed by atoms with Crippen molar-refractivity contribution in [2.75, 3.05) is 19.5 Å². The van der Waals surface area contributed by atoms with Gasteiger partial charge in [-0.1, -0.05) is 0 Å². The highest BCUT2D eigenvalue weighted by Gasteiger charge is 2.36. The van der Waals surface area contributed by atoms with Gasteiger partial charge in [0.25, 0.3) is 11.6 Å². The molecule has 9 heteroatoms. The molecular weight excluding hydrogens is 281 g/mol. The van der Waals surface area contributed by atoms with Crippen LogP contribution in [-0.4, -0.2) is 39.1 Å². The first kappa shape index (κ1) is 14.1. The van der Waals surface area contributed by atoms with Gasteiger partial charge < -0.3 is 4.74 Å². The number of aromatic nitrogens is 4. The van der Waals surface area contributed by atoms with E-state index in [9.17, 15) is 13.2 Å². The topological polar surface area (TPSA) is 52.3 Å². The van der Waals surface area contributed by atoms with Crippen LogP contribution in [0.2, 0.25) is 0 Å². The first-order valence-corrected chi connectivity index (χ1v) is 6.33. The quantitative estimate of drug-likeness (QED) is 0.491. The molecule has 2 aromatic rings. The Morgan fingerprint density at radius 2 is 2.11 bits per heavy atom. The average Bonchev–Trinajstić information content (AvgIpc) is 2.72. The molecule has 0 aliphatic heterocycles. The van der Waals surface area contributed by atoms with E-state index in [1.54, 1.807) is 20.1 Å². The Kier molecular flexibility index (Phi) is 3.95. The Balaban J connectivity index is 2.42. The van der Waals surface area contributed by atoms with Gasteiger partial charge in [-0.15, -0.1) is 16.9 Å². The maximum atomic E-state index is 12.6. The first-order chi connectivity index (χ1) is 8.91. The highest BCUT2D eigenvalue weighted by Crippen LogP contribution is 2.27. The third-order valence-electron chi connectivity index (χ3n) is 2.20. The summed E-state index contributed by atoms with van der Waals surface area (Å²) in [5.74, 6) is -0.623. The van der Waals surface area contributed by atoms with Crippen molar-refractivity contribution in [2.24, 2.45) is 0 Å². The molecule has 2 rings (SSSR count). The Hall–Kier alpha value is -1.35. The lowest BCUT2D eigenvalue weighted by atomic mass is 10.5. The van der Waals surface area contributed by atoms with Crippen molar-refractivity contribution in [3.63, 3.8) is 0 Å². The van der Waals surface area contributed by atoms with E-state index in [-0.39, 0.29) is 5.78 Å². The summed E-state index contributed by atoms with van der Waals surface area (Å²) in [5.41, 5.74) is 0.591. The summed E-state index contributed by atoms with van der Waals surface area (Å²) in [5, 5.41) is 4.02. The zero-order chi connectivity index (χ0) is 14.0. The van der Waals surface area contributed by atoms with Crippen LogP contribution < -0.4 is 0 Å². The number of hydrogen-bond acceptors (Lipinski definition) is 5. The van der Waals surface area contributed by atoms with E-state index in [4.69, 9.17) is 4.74 Å². The number of ether oxygens (including phenoxy) is 1. The smallest absolute Gasteiger partial charge is 0.384 e. The molecule has 2 aromatic heterocycles. The third kappa shape index (κ3) is 3.16. The van der Waals surface area contributed by atoms with Crippen LogP contribution in [0.1, 0.15) is 11.5 Å². The molecule has 0 aliphatic rings. The molecule has 19 heavy (non-hydrogen) atoms. The van der Waals surface area contributed by atoms with Crippen molar-refractivity contribution in [3.05, 3.63) is 17.6 Å². The molecular formula is C10H11F3N4OS. The van der Waals surface area contributed by atoms with E-state index in [0.717, 1.165) is 4.52 Å². The molecule has 5 nitrogen and oxygen atoms in total. The number of halogens is 3. The maximum absolute atomic E-state index is 12.6. The second-order valence-corrected chi connectivity index (χ2v) is 4.84. The van der Waals surface area contributed by atoms with E-state index < -0.39 is 12.0 Å². The summed E-state index contributed by atoms with van der Waals surface area (Å²) in [6, 6.07) is 1.67. The molecule has 0 aliphatic carbocycles. The number of nitrogens with zero attached hydrogens (tertiary/aromatic N) is 4. The molecule has 0 atom stereocenters. The van der Waals surface area contributed by atoms with Gasteiger partial charge in [0.05, 0.1) is 6.61 Å². The second kappa shape index (κ2) is 5.33. The van der Waals surface area contributed by atoms with Crippen LogP contribution in [0.5, 0.6) is 0 Å². The fourth-order valence-corrected chi connectivity index (χ4v) is 2.36. The number of thioether (sulfide) groups is 1. The van der Waals surface area contributed by atoms with Crippen LogP contribution in [0.25, 0.3) is 5.78 Å². The van der Waals surface area contributed by atoms with Gasteiger partial charge in [-0.2, -0.15) is 22.7 Å². The minimum atomic E-state index is -4.57. The molecule has 0 bridgehead atoms. The zero-order valence-corrected chi connectivity index (χ0v) is 11.0. The molecule has 0 aromatic carbocycles. The van der Waals surface area contributed by atoms with Crippen LogP contribution in [-0.2, 0) is 10.9 Å². The third-order valence-corrected chi connectivity index (χ3v) is 3.16. The van der Waals surface area contributed by atoms with Crippen molar-refractivity contribution < 1.29 is 17.9 Å². The van der Waals surface area contributed by atoms with Crippen molar-refractivity contribution in [1.29, 1.82) is 0 Å². The van der Waals surface area contributed by atoms with E-state index >= 15 is 0 Å². The van der Waals surface area contributed by atoms with Crippen LogP contribution in [0.3, 0.4) is 0 Å². The standard InChI is InChI=1S/C10H11F3N4OS/c1-6-5-7(19-4-3-18-2)17-9(14-6)15-8(16-17)10(11,12)13/h5H,3-4H2,1-2H3. The lowest BCUT2D eigenvalue weighted by molar-refractivity contribution is -0.144. The number of methoxy groups -OCH3 is 1. The van der Waals surface area contributed by atoms with E-state index in [1.165, 1.54) is 11.8 Å². The Morgan fingerprint density at radius 1 is 1.37 bits per heavy atom. The number of rotatable bonds is 4. The van der Waals surface area contributed by atoms with E-state index in [1.807, 2.05) is 0 Å². The van der Waals surface area contributed by atoms with Gasteiger partial charge >= 0.3 is 6.18 Å². The number of fused-ring (bicyclic) bond motifs is 1. The van der Waals surface area contributed by atoms with Gasteiger partial charge in [0.15, 0.2) is 0 Å².